The van der Waals surface area contributed by atoms with Gasteiger partial charge in [0.15, 0.2) is 0 Å². The number of rotatable bonds is 5. The molecule has 1 aliphatic heterocycles. The van der Waals surface area contributed by atoms with Crippen LogP contribution in [0.25, 0.3) is 0 Å². The first-order valence-electron chi connectivity index (χ1n) is 7.98. The molecule has 3 nitrogen and oxygen atoms in total. The normalized spacial score (nSPS) is 19.8. The molecule has 2 aliphatic rings. The summed E-state index contributed by atoms with van der Waals surface area (Å²) < 4.78 is 0. The zero-order valence-corrected chi connectivity index (χ0v) is 13.2. The highest BCUT2D eigenvalue weighted by atomic mass is 35.5. The van der Waals surface area contributed by atoms with Crippen molar-refractivity contribution in [3.8, 4) is 0 Å². The van der Waals surface area contributed by atoms with Crippen molar-refractivity contribution >= 4 is 17.5 Å². The van der Waals surface area contributed by atoms with E-state index in [1.807, 2.05) is 18.2 Å². The average molecular weight is 307 g/mol. The number of carbonyl (C=O) groups excluding carboxylic acids is 1. The molecule has 1 heterocycles. The predicted octanol–water partition coefficient (Wildman–Crippen LogP) is 2.83. The van der Waals surface area contributed by atoms with Gasteiger partial charge in [-0.25, -0.2) is 0 Å². The molecule has 2 fully saturated rings. The number of aryl methyl sites for hydroxylation is 1. The molecule has 3 rings (SSSR count). The number of piperazine rings is 1. The quantitative estimate of drug-likeness (QED) is 0.835. The molecule has 1 saturated carbocycles. The van der Waals surface area contributed by atoms with Gasteiger partial charge in [0, 0.05) is 37.1 Å². The van der Waals surface area contributed by atoms with Crippen LogP contribution in [0.1, 0.15) is 24.8 Å². The Bertz CT molecular complexity index is 493. The summed E-state index contributed by atoms with van der Waals surface area (Å²) >= 11 is 6.18. The molecule has 1 amide bonds. The number of amides is 1. The molecule has 4 heteroatoms. The second-order valence-corrected chi connectivity index (χ2v) is 6.54. The third-order valence-corrected chi connectivity index (χ3v) is 4.86. The summed E-state index contributed by atoms with van der Waals surface area (Å²) in [7, 11) is 0. The predicted molar refractivity (Wildman–Crippen MR) is 85.5 cm³/mol. The van der Waals surface area contributed by atoms with Gasteiger partial charge in [-0.2, -0.15) is 0 Å². The fraction of sp³-hybridized carbons (Fsp3) is 0.588. The lowest BCUT2D eigenvalue weighted by Gasteiger charge is -2.34. The molecule has 0 aromatic heterocycles. The van der Waals surface area contributed by atoms with E-state index in [1.54, 1.807) is 0 Å². The van der Waals surface area contributed by atoms with Crippen molar-refractivity contribution in [2.24, 2.45) is 5.92 Å². The summed E-state index contributed by atoms with van der Waals surface area (Å²) in [5.74, 6) is 0.752. The van der Waals surface area contributed by atoms with Crippen LogP contribution in [-0.2, 0) is 11.2 Å². The van der Waals surface area contributed by atoms with Crippen molar-refractivity contribution in [3.05, 3.63) is 34.9 Å². The highest BCUT2D eigenvalue weighted by Crippen LogP contribution is 2.31. The standard InChI is InChI=1S/C17H23ClN2O/c18-16-6-2-1-4-14(16)5-3-9-19-10-12-20(13-11-19)17(21)15-7-8-15/h1-2,4,6,15H,3,5,7-13H2. The van der Waals surface area contributed by atoms with E-state index in [9.17, 15) is 4.79 Å². The molecule has 0 unspecified atom stereocenters. The van der Waals surface area contributed by atoms with Gasteiger partial charge in [0.1, 0.15) is 0 Å². The third-order valence-electron chi connectivity index (χ3n) is 4.49. The van der Waals surface area contributed by atoms with Crippen LogP contribution >= 0.6 is 11.6 Å². The highest BCUT2D eigenvalue weighted by Gasteiger charge is 2.34. The molecular formula is C17H23ClN2O. The summed E-state index contributed by atoms with van der Waals surface area (Å²) in [4.78, 5) is 16.5. The summed E-state index contributed by atoms with van der Waals surface area (Å²) in [6, 6.07) is 8.08. The Kier molecular flexibility index (Phi) is 4.81. The van der Waals surface area contributed by atoms with Gasteiger partial charge in [-0.15, -0.1) is 0 Å². The van der Waals surface area contributed by atoms with Crippen LogP contribution in [-0.4, -0.2) is 48.4 Å². The van der Waals surface area contributed by atoms with Crippen molar-refractivity contribution < 1.29 is 4.79 Å². The smallest absolute Gasteiger partial charge is 0.225 e. The minimum atomic E-state index is 0.358. The average Bonchev–Trinajstić information content (AvgIpc) is 3.34. The van der Waals surface area contributed by atoms with Crippen LogP contribution in [0.3, 0.4) is 0 Å². The SMILES string of the molecule is O=C(C1CC1)N1CCN(CCCc2ccccc2Cl)CC1. The Morgan fingerprint density at radius 1 is 1.14 bits per heavy atom. The minimum absolute atomic E-state index is 0.358. The van der Waals surface area contributed by atoms with Crippen molar-refractivity contribution in [2.45, 2.75) is 25.7 Å². The van der Waals surface area contributed by atoms with Crippen molar-refractivity contribution in [2.75, 3.05) is 32.7 Å². The zero-order valence-electron chi connectivity index (χ0n) is 12.4. The third kappa shape index (κ3) is 3.98. The molecule has 1 aromatic rings. The lowest BCUT2D eigenvalue weighted by molar-refractivity contribution is -0.134. The Hall–Kier alpha value is -1.06. The fourth-order valence-corrected chi connectivity index (χ4v) is 3.20. The molecule has 0 bridgehead atoms. The van der Waals surface area contributed by atoms with Crippen molar-refractivity contribution in [1.82, 2.24) is 9.80 Å². The largest absolute Gasteiger partial charge is 0.340 e. The van der Waals surface area contributed by atoms with Gasteiger partial charge in [0.25, 0.3) is 0 Å². The molecule has 0 N–H and O–H groups in total. The Morgan fingerprint density at radius 2 is 1.86 bits per heavy atom. The highest BCUT2D eigenvalue weighted by molar-refractivity contribution is 6.31. The van der Waals surface area contributed by atoms with Crippen molar-refractivity contribution in [1.29, 1.82) is 0 Å². The number of hydrogen-bond donors (Lipinski definition) is 0. The van der Waals surface area contributed by atoms with Crippen LogP contribution in [0, 0.1) is 5.92 Å². The second-order valence-electron chi connectivity index (χ2n) is 6.14. The molecule has 0 atom stereocenters. The zero-order chi connectivity index (χ0) is 14.7. The van der Waals surface area contributed by atoms with Crippen molar-refractivity contribution in [3.63, 3.8) is 0 Å². The number of benzene rings is 1. The molecule has 0 radical (unpaired) electrons. The first kappa shape index (κ1) is 14.9. The first-order valence-corrected chi connectivity index (χ1v) is 8.36. The monoisotopic (exact) mass is 306 g/mol. The van der Waals surface area contributed by atoms with Gasteiger partial charge in [0.05, 0.1) is 0 Å². The van der Waals surface area contributed by atoms with Gasteiger partial charge >= 0.3 is 0 Å². The van der Waals surface area contributed by atoms with Crippen LogP contribution in [0.5, 0.6) is 0 Å². The van der Waals surface area contributed by atoms with Gasteiger partial charge in [0.2, 0.25) is 5.91 Å². The van der Waals surface area contributed by atoms with Gasteiger partial charge < -0.3 is 4.90 Å². The Balaban J connectivity index is 1.37. The van der Waals surface area contributed by atoms with Gasteiger partial charge in [-0.3, -0.25) is 9.69 Å². The van der Waals surface area contributed by atoms with Gasteiger partial charge in [-0.1, -0.05) is 29.8 Å². The van der Waals surface area contributed by atoms with Crippen LogP contribution in [0.2, 0.25) is 5.02 Å². The molecule has 0 spiro atoms. The van der Waals surface area contributed by atoms with E-state index < -0.39 is 0 Å². The van der Waals surface area contributed by atoms with E-state index in [4.69, 9.17) is 11.6 Å². The summed E-state index contributed by atoms with van der Waals surface area (Å²) in [5.41, 5.74) is 1.24. The lowest BCUT2D eigenvalue weighted by atomic mass is 10.1. The number of halogens is 1. The number of hydrogen-bond acceptors (Lipinski definition) is 2. The summed E-state index contributed by atoms with van der Waals surface area (Å²) in [6.07, 6.45) is 4.37. The van der Waals surface area contributed by atoms with E-state index in [0.29, 0.717) is 11.8 Å². The van der Waals surface area contributed by atoms with E-state index in [2.05, 4.69) is 15.9 Å². The lowest BCUT2D eigenvalue weighted by Crippen LogP contribution is -2.49. The minimum Gasteiger partial charge on any atom is -0.340 e. The second kappa shape index (κ2) is 6.80. The molecular weight excluding hydrogens is 284 g/mol. The van der Waals surface area contributed by atoms with E-state index in [1.165, 1.54) is 5.56 Å². The molecule has 114 valence electrons. The molecule has 1 aliphatic carbocycles. The summed E-state index contributed by atoms with van der Waals surface area (Å²) in [6.45, 7) is 4.93. The first-order chi connectivity index (χ1) is 10.2. The maximum absolute atomic E-state index is 12.0. The topological polar surface area (TPSA) is 23.6 Å². The maximum atomic E-state index is 12.0. The van der Waals surface area contributed by atoms with Crippen LogP contribution < -0.4 is 0 Å². The van der Waals surface area contributed by atoms with Gasteiger partial charge in [-0.05, 0) is 43.9 Å². The molecule has 1 aromatic carbocycles. The van der Waals surface area contributed by atoms with E-state index in [0.717, 1.165) is 63.4 Å². The Labute approximate surface area is 131 Å². The van der Waals surface area contributed by atoms with E-state index in [-0.39, 0.29) is 0 Å². The fourth-order valence-electron chi connectivity index (χ4n) is 2.97. The maximum Gasteiger partial charge on any atom is 0.225 e. The number of carbonyl (C=O) groups is 1. The van der Waals surface area contributed by atoms with Crippen LogP contribution in [0.4, 0.5) is 0 Å². The number of nitrogens with zero attached hydrogens (tertiary/aromatic N) is 2. The van der Waals surface area contributed by atoms with E-state index >= 15 is 0 Å². The molecule has 21 heavy (non-hydrogen) atoms. The Morgan fingerprint density at radius 3 is 2.52 bits per heavy atom. The van der Waals surface area contributed by atoms with Crippen LogP contribution in [0.15, 0.2) is 24.3 Å². The molecule has 1 saturated heterocycles. The summed E-state index contributed by atoms with van der Waals surface area (Å²) in [5, 5.41) is 0.873.